The minimum absolute atomic E-state index is 0.0585. The van der Waals surface area contributed by atoms with E-state index in [2.05, 4.69) is 15.3 Å². The lowest BCUT2D eigenvalue weighted by Gasteiger charge is -2.39. The number of aryl methyl sites for hydroxylation is 1. The molecule has 5 rings (SSSR count). The van der Waals surface area contributed by atoms with Crippen LogP contribution in [0.4, 0.5) is 0 Å². The number of benzene rings is 1. The van der Waals surface area contributed by atoms with Crippen LogP contribution in [0.25, 0.3) is 0 Å². The summed E-state index contributed by atoms with van der Waals surface area (Å²) in [4.78, 5) is 78.0. The minimum atomic E-state index is -0.851. The van der Waals surface area contributed by atoms with Gasteiger partial charge in [0.05, 0.1) is 12.6 Å². The molecule has 2 aromatic rings. The van der Waals surface area contributed by atoms with Gasteiger partial charge in [0, 0.05) is 38.1 Å². The number of nitrogens with zero attached hydrogens (tertiary/aromatic N) is 5. The summed E-state index contributed by atoms with van der Waals surface area (Å²) in [5.74, 6) is -1.56. The topological polar surface area (TPSA) is 158 Å². The van der Waals surface area contributed by atoms with Gasteiger partial charge in [0.25, 0.3) is 0 Å². The molecule has 1 aromatic heterocycles. The molecule has 3 aliphatic rings. The summed E-state index contributed by atoms with van der Waals surface area (Å²) < 4.78 is 0. The Morgan fingerprint density at radius 3 is 2.53 bits per heavy atom. The van der Waals surface area contributed by atoms with Gasteiger partial charge in [-0.2, -0.15) is 4.99 Å². The highest BCUT2D eigenvalue weighted by Gasteiger charge is 2.49. The van der Waals surface area contributed by atoms with E-state index in [1.54, 1.807) is 21.4 Å². The van der Waals surface area contributed by atoms with Crippen molar-refractivity contribution in [1.82, 2.24) is 25.0 Å². The number of aromatic nitrogens is 1. The molecule has 4 heterocycles. The third kappa shape index (κ3) is 6.93. The van der Waals surface area contributed by atoms with Crippen molar-refractivity contribution in [3.05, 3.63) is 52.5 Å². The van der Waals surface area contributed by atoms with Gasteiger partial charge in [0.15, 0.2) is 11.0 Å². The lowest BCUT2D eigenvalue weighted by atomic mass is 9.86. The summed E-state index contributed by atoms with van der Waals surface area (Å²) >= 11 is 1.21. The first-order chi connectivity index (χ1) is 20.7. The first-order valence-corrected chi connectivity index (χ1v) is 15.6. The lowest BCUT2D eigenvalue weighted by molar-refractivity contribution is -0.157. The van der Waals surface area contributed by atoms with Crippen molar-refractivity contribution in [2.45, 2.75) is 63.6 Å². The van der Waals surface area contributed by atoms with Crippen molar-refractivity contribution in [1.29, 1.82) is 0 Å². The number of amides is 4. The normalized spacial score (nSPS) is 22.0. The Hall–Kier alpha value is -4.13. The highest BCUT2D eigenvalue weighted by Crippen LogP contribution is 2.31. The summed E-state index contributed by atoms with van der Waals surface area (Å²) in [6.45, 7) is 2.68. The number of thiazole rings is 1. The minimum Gasteiger partial charge on any atom is -0.369 e. The summed E-state index contributed by atoms with van der Waals surface area (Å²) in [5, 5.41) is 4.95. The fourth-order valence-electron chi connectivity index (χ4n) is 6.32. The zero-order valence-corrected chi connectivity index (χ0v) is 25.0. The number of likely N-dealkylation sites (tertiary alicyclic amines) is 1. The Morgan fingerprint density at radius 2 is 1.86 bits per heavy atom. The van der Waals surface area contributed by atoms with Crippen molar-refractivity contribution in [3.63, 3.8) is 0 Å². The maximum atomic E-state index is 13.7. The molecule has 3 N–H and O–H groups in total. The quantitative estimate of drug-likeness (QED) is 0.245. The molecule has 3 saturated heterocycles. The van der Waals surface area contributed by atoms with Crippen LogP contribution >= 0.6 is 11.3 Å². The standard InChI is InChI=1S/C30H37N7O5S/c1-19(38)33-30(31)35-15-11-21(12-16-35)25(26(40)28-32-13-17-43-28)34-27(41)22-9-10-23-29(42)36(18-24(39)37(22)23)14-5-8-20-6-3-2-4-7-20/h2-4,6-7,13,17,21-23,25H,5,8-12,14-16,18H2,1H3,(H,34,41)(H2,31,33,38)/t22-,23?,25+/m0/s1. The van der Waals surface area contributed by atoms with E-state index in [9.17, 15) is 24.0 Å². The molecule has 3 atom stereocenters. The van der Waals surface area contributed by atoms with Gasteiger partial charge >= 0.3 is 0 Å². The van der Waals surface area contributed by atoms with E-state index in [-0.39, 0.29) is 41.9 Å². The van der Waals surface area contributed by atoms with E-state index in [4.69, 9.17) is 5.73 Å². The van der Waals surface area contributed by atoms with Crippen molar-refractivity contribution in [2.24, 2.45) is 16.6 Å². The molecule has 3 fully saturated rings. The molecular formula is C30H37N7O5S. The SMILES string of the molecule is CC(=O)N=C(N)N1CCC([C@@H](NC(=O)[C@@H]2CCC3C(=O)N(CCCc4ccccc4)CC(=O)N32)C(=O)c2nccs2)CC1. The van der Waals surface area contributed by atoms with Gasteiger partial charge in [0.2, 0.25) is 29.4 Å². The van der Waals surface area contributed by atoms with E-state index >= 15 is 0 Å². The molecule has 0 spiro atoms. The fourth-order valence-corrected chi connectivity index (χ4v) is 6.93. The number of fused-ring (bicyclic) bond motifs is 1. The Bertz CT molecular complexity index is 1370. The number of piperazine rings is 1. The zero-order valence-electron chi connectivity index (χ0n) is 24.2. The van der Waals surface area contributed by atoms with Gasteiger partial charge in [-0.25, -0.2) is 4.98 Å². The molecule has 0 radical (unpaired) electrons. The van der Waals surface area contributed by atoms with Crippen LogP contribution in [-0.2, 0) is 25.6 Å². The molecule has 228 valence electrons. The Labute approximate surface area is 254 Å². The number of guanidine groups is 1. The number of carbonyl (C=O) groups excluding carboxylic acids is 5. The van der Waals surface area contributed by atoms with Gasteiger partial charge in [-0.05, 0) is 50.0 Å². The largest absolute Gasteiger partial charge is 0.369 e. The highest BCUT2D eigenvalue weighted by molar-refractivity contribution is 7.11. The molecule has 0 saturated carbocycles. The molecule has 4 amide bonds. The van der Waals surface area contributed by atoms with Gasteiger partial charge < -0.3 is 25.8 Å². The van der Waals surface area contributed by atoms with Crippen LogP contribution in [0, 0.1) is 5.92 Å². The number of carbonyl (C=O) groups is 5. The maximum Gasteiger partial charge on any atom is 0.245 e. The molecule has 1 aromatic carbocycles. The van der Waals surface area contributed by atoms with Crippen LogP contribution < -0.4 is 11.1 Å². The van der Waals surface area contributed by atoms with Crippen LogP contribution in [0.3, 0.4) is 0 Å². The van der Waals surface area contributed by atoms with Crippen LogP contribution in [-0.4, -0.2) is 99.4 Å². The van der Waals surface area contributed by atoms with Gasteiger partial charge in [-0.1, -0.05) is 30.3 Å². The molecular weight excluding hydrogens is 570 g/mol. The van der Waals surface area contributed by atoms with Crippen LogP contribution in [0.5, 0.6) is 0 Å². The first-order valence-electron chi connectivity index (χ1n) is 14.7. The third-order valence-electron chi connectivity index (χ3n) is 8.47. The predicted octanol–water partition coefficient (Wildman–Crippen LogP) is 1.22. The van der Waals surface area contributed by atoms with Gasteiger partial charge in [-0.3, -0.25) is 24.0 Å². The molecule has 43 heavy (non-hydrogen) atoms. The van der Waals surface area contributed by atoms with E-state index in [0.717, 1.165) is 12.8 Å². The van der Waals surface area contributed by atoms with E-state index < -0.39 is 24.0 Å². The number of hydrogen-bond donors (Lipinski definition) is 2. The second-order valence-electron chi connectivity index (χ2n) is 11.3. The summed E-state index contributed by atoms with van der Waals surface area (Å²) in [7, 11) is 0. The molecule has 0 bridgehead atoms. The van der Waals surface area contributed by atoms with E-state index in [1.807, 2.05) is 30.3 Å². The Kier molecular flexibility index (Phi) is 9.49. The molecule has 0 aliphatic carbocycles. The highest BCUT2D eigenvalue weighted by atomic mass is 32.1. The number of ketones is 1. The lowest BCUT2D eigenvalue weighted by Crippen LogP contribution is -2.62. The van der Waals surface area contributed by atoms with Crippen molar-refractivity contribution < 1.29 is 24.0 Å². The average Bonchev–Trinajstić information content (AvgIpc) is 3.70. The van der Waals surface area contributed by atoms with E-state index in [1.165, 1.54) is 28.7 Å². The summed E-state index contributed by atoms with van der Waals surface area (Å²) in [6, 6.07) is 7.65. The number of nitrogens with one attached hydrogen (secondary N) is 1. The van der Waals surface area contributed by atoms with Crippen molar-refractivity contribution in [3.8, 4) is 0 Å². The Morgan fingerprint density at radius 1 is 1.12 bits per heavy atom. The number of piperidine rings is 1. The van der Waals surface area contributed by atoms with E-state index in [0.29, 0.717) is 50.3 Å². The second-order valence-corrected chi connectivity index (χ2v) is 12.2. The van der Waals surface area contributed by atoms with Crippen LogP contribution in [0.1, 0.15) is 54.4 Å². The number of rotatable bonds is 9. The zero-order chi connectivity index (χ0) is 30.5. The molecule has 3 aliphatic heterocycles. The smallest absolute Gasteiger partial charge is 0.245 e. The monoisotopic (exact) mass is 607 g/mol. The summed E-state index contributed by atoms with van der Waals surface area (Å²) in [5.41, 5.74) is 7.14. The molecule has 1 unspecified atom stereocenters. The van der Waals surface area contributed by atoms with Gasteiger partial charge in [-0.15, -0.1) is 11.3 Å². The predicted molar refractivity (Wildman–Crippen MR) is 160 cm³/mol. The Balaban J connectivity index is 1.23. The first kappa shape index (κ1) is 30.3. The maximum absolute atomic E-state index is 13.7. The van der Waals surface area contributed by atoms with Crippen LogP contribution in [0.2, 0.25) is 0 Å². The molecule has 13 heteroatoms. The van der Waals surface area contributed by atoms with Gasteiger partial charge in [0.1, 0.15) is 12.1 Å². The number of hydrogen-bond acceptors (Lipinski definition) is 7. The number of Topliss-reactive ketones (excluding diaryl/α,β-unsaturated/α-hetero) is 1. The van der Waals surface area contributed by atoms with Crippen molar-refractivity contribution in [2.75, 3.05) is 26.2 Å². The van der Waals surface area contributed by atoms with Crippen molar-refractivity contribution >= 4 is 46.7 Å². The summed E-state index contributed by atoms with van der Waals surface area (Å²) in [6.07, 6.45) is 4.90. The third-order valence-corrected chi connectivity index (χ3v) is 9.25. The van der Waals surface area contributed by atoms with Crippen LogP contribution in [0.15, 0.2) is 46.9 Å². The molecule has 12 nitrogen and oxygen atoms in total. The second kappa shape index (κ2) is 13.4. The number of nitrogens with two attached hydrogens (primary N) is 1. The fraction of sp³-hybridized carbons (Fsp3) is 0.500. The average molecular weight is 608 g/mol. The number of aliphatic imine (C=N–C) groups is 1.